The van der Waals surface area contributed by atoms with E-state index in [0.717, 1.165) is 74.7 Å². The maximum absolute atomic E-state index is 12.9. The molecule has 11 nitrogen and oxygen atoms in total. The number of likely N-dealkylation sites (tertiary alicyclic amines) is 1. The first-order valence-corrected chi connectivity index (χ1v) is 14.6. The number of ether oxygens (including phenoxy) is 1. The summed E-state index contributed by atoms with van der Waals surface area (Å²) in [5.41, 5.74) is 4.98. The Morgan fingerprint density at radius 1 is 0.881 bits per heavy atom. The van der Waals surface area contributed by atoms with E-state index >= 15 is 0 Å². The lowest BCUT2D eigenvalue weighted by Crippen LogP contribution is -2.44. The second-order valence-electron chi connectivity index (χ2n) is 11.2. The second kappa shape index (κ2) is 12.4. The first kappa shape index (κ1) is 28.1. The van der Waals surface area contributed by atoms with E-state index in [0.29, 0.717) is 42.0 Å². The van der Waals surface area contributed by atoms with Crippen molar-refractivity contribution in [2.75, 3.05) is 69.0 Å². The number of carbonyl (C=O) groups excluding carboxylic acids is 2. The zero-order valence-electron chi connectivity index (χ0n) is 24.2. The van der Waals surface area contributed by atoms with Crippen molar-refractivity contribution >= 4 is 29.1 Å². The third-order valence-electron chi connectivity index (χ3n) is 8.25. The van der Waals surface area contributed by atoms with Gasteiger partial charge >= 0.3 is 6.03 Å². The van der Waals surface area contributed by atoms with Crippen LogP contribution in [0.4, 0.5) is 22.0 Å². The monoisotopic (exact) mass is 570 g/mol. The minimum Gasteiger partial charge on any atom is -0.378 e. The number of rotatable bonds is 6. The molecule has 4 heterocycles. The highest BCUT2D eigenvalue weighted by molar-refractivity contribution is 6.00. The molecule has 2 fully saturated rings. The van der Waals surface area contributed by atoms with Crippen molar-refractivity contribution < 1.29 is 14.3 Å². The number of hydrogen-bond donors (Lipinski definition) is 3. The van der Waals surface area contributed by atoms with Gasteiger partial charge in [-0.3, -0.25) is 4.79 Å². The summed E-state index contributed by atoms with van der Waals surface area (Å²) < 4.78 is 5.53. The summed E-state index contributed by atoms with van der Waals surface area (Å²) in [6.07, 6.45) is 1.96. The van der Waals surface area contributed by atoms with Crippen LogP contribution in [0.1, 0.15) is 34.5 Å². The van der Waals surface area contributed by atoms with E-state index in [4.69, 9.17) is 14.7 Å². The van der Waals surface area contributed by atoms with Crippen LogP contribution >= 0.6 is 0 Å². The molecule has 0 aliphatic carbocycles. The molecule has 1 aromatic heterocycles. The summed E-state index contributed by atoms with van der Waals surface area (Å²) >= 11 is 0. The van der Waals surface area contributed by atoms with Crippen molar-refractivity contribution in [1.29, 1.82) is 0 Å². The minimum atomic E-state index is -0.359. The molecule has 2 aromatic carbocycles. The lowest BCUT2D eigenvalue weighted by molar-refractivity contribution is 0.0663. The zero-order chi connectivity index (χ0) is 29.1. The molecule has 3 amide bonds. The van der Waals surface area contributed by atoms with Gasteiger partial charge in [-0.2, -0.15) is 0 Å². The molecule has 3 N–H and O–H groups in total. The van der Waals surface area contributed by atoms with Crippen LogP contribution in [-0.2, 0) is 17.8 Å². The number of morpholine rings is 1. The molecule has 2 saturated heterocycles. The molecule has 0 radical (unpaired) electrons. The standard InChI is InChI=1S/C31H38N8O3/c1-37(2)25-11-13-39(14-12-25)30(40)22-5-9-24(10-6-22)34-31(41)33-23-7-3-21(4-8-23)28-35-27-20-32-19-26(27)29(36-28)38-15-17-42-18-16-38/h3-10,25,32H,11-20H2,1-2H3,(H2,33,34,41). The highest BCUT2D eigenvalue weighted by atomic mass is 16.5. The average Bonchev–Trinajstić information content (AvgIpc) is 3.50. The fourth-order valence-corrected chi connectivity index (χ4v) is 5.78. The van der Waals surface area contributed by atoms with Crippen LogP contribution in [0.25, 0.3) is 11.4 Å². The summed E-state index contributed by atoms with van der Waals surface area (Å²) in [5, 5.41) is 9.11. The molecule has 3 aliphatic rings. The van der Waals surface area contributed by atoms with Gasteiger partial charge in [-0.25, -0.2) is 14.8 Å². The van der Waals surface area contributed by atoms with Gasteiger partial charge in [0.2, 0.25) is 0 Å². The number of urea groups is 1. The Hall–Kier alpha value is -4.06. The van der Waals surface area contributed by atoms with Gasteiger partial charge in [0, 0.05) is 73.4 Å². The number of nitrogens with one attached hydrogen (secondary N) is 3. The van der Waals surface area contributed by atoms with E-state index in [2.05, 4.69) is 39.8 Å². The van der Waals surface area contributed by atoms with Gasteiger partial charge in [0.1, 0.15) is 5.82 Å². The van der Waals surface area contributed by atoms with Gasteiger partial charge in [0.05, 0.1) is 18.9 Å². The summed E-state index contributed by atoms with van der Waals surface area (Å²) in [6, 6.07) is 14.7. The van der Waals surface area contributed by atoms with Crippen molar-refractivity contribution in [1.82, 2.24) is 25.1 Å². The van der Waals surface area contributed by atoms with Gasteiger partial charge in [-0.15, -0.1) is 0 Å². The Morgan fingerprint density at radius 3 is 2.17 bits per heavy atom. The SMILES string of the molecule is CN(C)C1CCN(C(=O)c2ccc(NC(=O)Nc3ccc(-c4nc5c(c(N6CCOCC6)n4)CNC5)cc3)cc2)CC1. The lowest BCUT2D eigenvalue weighted by atomic mass is 10.0. The molecule has 0 spiro atoms. The molecule has 0 unspecified atom stereocenters. The number of hydrogen-bond acceptors (Lipinski definition) is 8. The van der Waals surface area contributed by atoms with Crippen LogP contribution in [0.2, 0.25) is 0 Å². The summed E-state index contributed by atoms with van der Waals surface area (Å²) in [5.74, 6) is 1.68. The summed E-state index contributed by atoms with van der Waals surface area (Å²) in [6.45, 7) is 6.04. The van der Waals surface area contributed by atoms with Crippen molar-refractivity contribution in [3.8, 4) is 11.4 Å². The predicted molar refractivity (Wildman–Crippen MR) is 163 cm³/mol. The topological polar surface area (TPSA) is 115 Å². The Balaban J connectivity index is 1.06. The average molecular weight is 571 g/mol. The molecule has 6 rings (SSSR count). The Morgan fingerprint density at radius 2 is 1.52 bits per heavy atom. The van der Waals surface area contributed by atoms with Crippen LogP contribution in [0.5, 0.6) is 0 Å². The molecule has 3 aromatic rings. The van der Waals surface area contributed by atoms with Crippen LogP contribution in [0.3, 0.4) is 0 Å². The Kier molecular flexibility index (Phi) is 8.31. The Bertz CT molecular complexity index is 1410. The van der Waals surface area contributed by atoms with Crippen molar-refractivity contribution in [2.45, 2.75) is 32.0 Å². The van der Waals surface area contributed by atoms with Gasteiger partial charge in [-0.05, 0) is 75.5 Å². The normalized spacial score (nSPS) is 17.3. The number of carbonyl (C=O) groups is 2. The third kappa shape index (κ3) is 6.23. The van der Waals surface area contributed by atoms with Crippen LogP contribution in [0, 0.1) is 0 Å². The summed E-state index contributed by atoms with van der Waals surface area (Å²) in [7, 11) is 4.17. The van der Waals surface area contributed by atoms with E-state index in [-0.39, 0.29) is 11.9 Å². The fourth-order valence-electron chi connectivity index (χ4n) is 5.78. The number of aromatic nitrogens is 2. The van der Waals surface area contributed by atoms with Crippen LogP contribution in [-0.4, -0.2) is 91.2 Å². The molecule has 0 saturated carbocycles. The number of piperidine rings is 1. The maximum Gasteiger partial charge on any atom is 0.323 e. The van der Waals surface area contributed by atoms with Crippen LogP contribution < -0.4 is 20.9 Å². The van der Waals surface area contributed by atoms with Crippen molar-refractivity contribution in [2.24, 2.45) is 0 Å². The highest BCUT2D eigenvalue weighted by Crippen LogP contribution is 2.29. The number of anilines is 3. The smallest absolute Gasteiger partial charge is 0.323 e. The van der Waals surface area contributed by atoms with E-state index < -0.39 is 0 Å². The molecule has 3 aliphatic heterocycles. The molecule has 220 valence electrons. The first-order chi connectivity index (χ1) is 20.4. The van der Waals surface area contributed by atoms with E-state index in [1.165, 1.54) is 0 Å². The predicted octanol–water partition coefficient (Wildman–Crippen LogP) is 3.39. The molecule has 42 heavy (non-hydrogen) atoms. The number of nitrogens with zero attached hydrogens (tertiary/aromatic N) is 5. The molecular formula is C31H38N8O3. The Labute approximate surface area is 246 Å². The molecule has 0 atom stereocenters. The number of benzene rings is 2. The largest absolute Gasteiger partial charge is 0.378 e. The first-order valence-electron chi connectivity index (χ1n) is 14.6. The van der Waals surface area contributed by atoms with Gasteiger partial charge in [0.15, 0.2) is 5.82 Å². The molecule has 11 heteroatoms. The maximum atomic E-state index is 12.9. The highest BCUT2D eigenvalue weighted by Gasteiger charge is 2.26. The molecular weight excluding hydrogens is 532 g/mol. The van der Waals surface area contributed by atoms with Gasteiger partial charge in [-0.1, -0.05) is 0 Å². The quantitative estimate of drug-likeness (QED) is 0.413. The lowest BCUT2D eigenvalue weighted by Gasteiger charge is -2.35. The van der Waals surface area contributed by atoms with Crippen LogP contribution in [0.15, 0.2) is 48.5 Å². The van der Waals surface area contributed by atoms with Gasteiger partial charge < -0.3 is 35.4 Å². The summed E-state index contributed by atoms with van der Waals surface area (Å²) in [4.78, 5) is 41.8. The number of fused-ring (bicyclic) bond motifs is 1. The zero-order valence-corrected chi connectivity index (χ0v) is 24.2. The second-order valence-corrected chi connectivity index (χ2v) is 11.2. The number of amides is 3. The van der Waals surface area contributed by atoms with Crippen molar-refractivity contribution in [3.63, 3.8) is 0 Å². The fraction of sp³-hybridized carbons (Fsp3) is 0.419. The van der Waals surface area contributed by atoms with Crippen molar-refractivity contribution in [3.05, 3.63) is 65.4 Å². The molecule has 0 bridgehead atoms. The van der Waals surface area contributed by atoms with E-state index in [9.17, 15) is 9.59 Å². The van der Waals surface area contributed by atoms with E-state index in [1.54, 1.807) is 24.3 Å². The third-order valence-corrected chi connectivity index (χ3v) is 8.25. The van der Waals surface area contributed by atoms with Gasteiger partial charge in [0.25, 0.3) is 5.91 Å². The van der Waals surface area contributed by atoms with E-state index in [1.807, 2.05) is 29.2 Å². The minimum absolute atomic E-state index is 0.0315.